The van der Waals surface area contributed by atoms with Crippen molar-refractivity contribution in [2.75, 3.05) is 51.6 Å². The summed E-state index contributed by atoms with van der Waals surface area (Å²) in [5, 5.41) is 19.1. The lowest BCUT2D eigenvalue weighted by Gasteiger charge is -2.32. The SMILES string of the molecule is CN1CCN(CCCNc2ccc(S(N)(=O)=O)cc2[N+](=O)[O-])CC1. The van der Waals surface area contributed by atoms with Gasteiger partial charge in [-0.2, -0.15) is 0 Å². The summed E-state index contributed by atoms with van der Waals surface area (Å²) in [6.07, 6.45) is 0.845. The van der Waals surface area contributed by atoms with Crippen LogP contribution in [0.3, 0.4) is 0 Å². The van der Waals surface area contributed by atoms with E-state index >= 15 is 0 Å². The van der Waals surface area contributed by atoms with Crippen LogP contribution in [0.15, 0.2) is 23.1 Å². The molecule has 0 saturated carbocycles. The maximum Gasteiger partial charge on any atom is 0.293 e. The van der Waals surface area contributed by atoms with Gasteiger partial charge in [0.25, 0.3) is 5.69 Å². The fraction of sp³-hybridized carbons (Fsp3) is 0.571. The minimum Gasteiger partial charge on any atom is -0.379 e. The van der Waals surface area contributed by atoms with E-state index in [1.54, 1.807) is 0 Å². The summed E-state index contributed by atoms with van der Waals surface area (Å²) in [4.78, 5) is 14.9. The molecule has 0 atom stereocenters. The van der Waals surface area contributed by atoms with Gasteiger partial charge in [-0.15, -0.1) is 0 Å². The molecule has 24 heavy (non-hydrogen) atoms. The minimum atomic E-state index is -3.96. The second kappa shape index (κ2) is 7.88. The number of nitrogens with zero attached hydrogens (tertiary/aromatic N) is 3. The Bertz CT molecular complexity index is 686. The molecule has 3 N–H and O–H groups in total. The van der Waals surface area contributed by atoms with Gasteiger partial charge in [-0.25, -0.2) is 13.6 Å². The van der Waals surface area contributed by atoms with Gasteiger partial charge in [-0.05, 0) is 32.1 Å². The van der Waals surface area contributed by atoms with Gasteiger partial charge in [0.2, 0.25) is 10.0 Å². The van der Waals surface area contributed by atoms with E-state index in [9.17, 15) is 18.5 Å². The van der Waals surface area contributed by atoms with Crippen LogP contribution in [0.1, 0.15) is 6.42 Å². The van der Waals surface area contributed by atoms with Crippen LogP contribution in [0.2, 0.25) is 0 Å². The number of piperazine rings is 1. The highest BCUT2D eigenvalue weighted by Gasteiger charge is 2.19. The number of primary sulfonamides is 1. The van der Waals surface area contributed by atoms with Crippen molar-refractivity contribution >= 4 is 21.4 Å². The van der Waals surface area contributed by atoms with Gasteiger partial charge in [-0.1, -0.05) is 0 Å². The number of likely N-dealkylation sites (N-methyl/N-ethyl adjacent to an activating group) is 1. The number of rotatable bonds is 7. The van der Waals surface area contributed by atoms with Crippen LogP contribution in [0.25, 0.3) is 0 Å². The third-order valence-corrected chi connectivity index (χ3v) is 4.97. The van der Waals surface area contributed by atoms with Gasteiger partial charge < -0.3 is 15.1 Å². The first-order valence-corrected chi connectivity index (χ1v) is 9.28. The summed E-state index contributed by atoms with van der Waals surface area (Å²) >= 11 is 0. The number of hydrogen-bond donors (Lipinski definition) is 2. The molecule has 0 unspecified atom stereocenters. The number of benzene rings is 1. The minimum absolute atomic E-state index is 0.266. The molecule has 134 valence electrons. The zero-order valence-electron chi connectivity index (χ0n) is 13.6. The van der Waals surface area contributed by atoms with Crippen molar-refractivity contribution in [2.45, 2.75) is 11.3 Å². The Labute approximate surface area is 141 Å². The van der Waals surface area contributed by atoms with E-state index in [1.165, 1.54) is 12.1 Å². The largest absolute Gasteiger partial charge is 0.379 e. The first-order chi connectivity index (χ1) is 11.3. The van der Waals surface area contributed by atoms with Gasteiger partial charge in [0.05, 0.1) is 9.82 Å². The van der Waals surface area contributed by atoms with Crippen molar-refractivity contribution in [3.05, 3.63) is 28.3 Å². The van der Waals surface area contributed by atoms with Crippen molar-refractivity contribution in [3.63, 3.8) is 0 Å². The number of nitro benzene ring substituents is 1. The average Bonchev–Trinajstić information content (AvgIpc) is 2.52. The number of nitrogens with one attached hydrogen (secondary N) is 1. The van der Waals surface area contributed by atoms with Gasteiger partial charge >= 0.3 is 0 Å². The Balaban J connectivity index is 1.91. The normalized spacial score (nSPS) is 16.9. The summed E-state index contributed by atoms with van der Waals surface area (Å²) in [5.74, 6) is 0. The highest BCUT2D eigenvalue weighted by atomic mass is 32.2. The first-order valence-electron chi connectivity index (χ1n) is 7.73. The number of nitrogens with two attached hydrogens (primary N) is 1. The molecule has 2 rings (SSSR count). The van der Waals surface area contributed by atoms with E-state index in [2.05, 4.69) is 22.2 Å². The van der Waals surface area contributed by atoms with E-state index in [0.29, 0.717) is 12.2 Å². The van der Waals surface area contributed by atoms with Crippen molar-refractivity contribution in [3.8, 4) is 0 Å². The second-order valence-corrected chi connectivity index (χ2v) is 7.47. The van der Waals surface area contributed by atoms with E-state index in [0.717, 1.165) is 45.2 Å². The van der Waals surface area contributed by atoms with Gasteiger partial charge in [-0.3, -0.25) is 10.1 Å². The molecule has 0 spiro atoms. The molecule has 9 nitrogen and oxygen atoms in total. The second-order valence-electron chi connectivity index (χ2n) is 5.91. The molecule has 0 amide bonds. The lowest BCUT2D eigenvalue weighted by atomic mass is 10.2. The zero-order valence-corrected chi connectivity index (χ0v) is 14.5. The number of anilines is 1. The average molecular weight is 357 g/mol. The summed E-state index contributed by atoms with van der Waals surface area (Å²) in [6, 6.07) is 3.64. The molecule has 10 heteroatoms. The number of sulfonamides is 1. The van der Waals surface area contributed by atoms with Crippen LogP contribution in [0.5, 0.6) is 0 Å². The topological polar surface area (TPSA) is 122 Å². The van der Waals surface area contributed by atoms with Gasteiger partial charge in [0.1, 0.15) is 5.69 Å². The van der Waals surface area contributed by atoms with Crippen LogP contribution in [0.4, 0.5) is 11.4 Å². The predicted molar refractivity (Wildman–Crippen MR) is 91.5 cm³/mol. The molecular formula is C14H23N5O4S. The lowest BCUT2D eigenvalue weighted by molar-refractivity contribution is -0.384. The standard InChI is InChI=1S/C14H23N5O4S/c1-17-7-9-18(10-8-17)6-2-5-16-13-4-3-12(24(15,22)23)11-14(13)19(20)21/h3-4,11,16H,2,5-10H2,1H3,(H2,15,22,23). The summed E-state index contributed by atoms with van der Waals surface area (Å²) in [7, 11) is -1.86. The molecule has 1 aliphatic rings. The first kappa shape index (κ1) is 18.6. The highest BCUT2D eigenvalue weighted by molar-refractivity contribution is 7.89. The molecule has 0 aliphatic carbocycles. The van der Waals surface area contributed by atoms with Gasteiger partial charge in [0, 0.05) is 38.8 Å². The zero-order chi connectivity index (χ0) is 17.7. The molecule has 0 radical (unpaired) electrons. The number of hydrogen-bond acceptors (Lipinski definition) is 7. The van der Waals surface area contributed by atoms with E-state index < -0.39 is 14.9 Å². The fourth-order valence-corrected chi connectivity index (χ4v) is 3.12. The lowest BCUT2D eigenvalue weighted by Crippen LogP contribution is -2.44. The molecule has 1 aliphatic heterocycles. The van der Waals surface area contributed by atoms with Crippen LogP contribution in [0, 0.1) is 10.1 Å². The summed E-state index contributed by atoms with van der Waals surface area (Å²) < 4.78 is 22.6. The molecular weight excluding hydrogens is 334 g/mol. The van der Waals surface area contributed by atoms with Crippen molar-refractivity contribution in [2.24, 2.45) is 5.14 Å². The van der Waals surface area contributed by atoms with Crippen molar-refractivity contribution in [1.82, 2.24) is 9.80 Å². The fourth-order valence-electron chi connectivity index (χ4n) is 2.59. The van der Waals surface area contributed by atoms with Crippen LogP contribution >= 0.6 is 0 Å². The predicted octanol–water partition coefficient (Wildman–Crippen LogP) is 0.292. The van der Waals surface area contributed by atoms with E-state index in [4.69, 9.17) is 5.14 Å². The molecule has 1 fully saturated rings. The van der Waals surface area contributed by atoms with Crippen LogP contribution in [-0.4, -0.2) is 69.5 Å². The third-order valence-electron chi connectivity index (χ3n) is 4.06. The Kier molecular flexibility index (Phi) is 6.10. The molecule has 1 aromatic rings. The number of nitro groups is 1. The molecule has 0 bridgehead atoms. The van der Waals surface area contributed by atoms with E-state index in [-0.39, 0.29) is 10.6 Å². The third kappa shape index (κ3) is 5.13. The maximum atomic E-state index is 11.3. The van der Waals surface area contributed by atoms with Gasteiger partial charge in [0.15, 0.2) is 0 Å². The quantitative estimate of drug-likeness (QED) is 0.408. The molecule has 1 aromatic carbocycles. The van der Waals surface area contributed by atoms with Crippen molar-refractivity contribution in [1.29, 1.82) is 0 Å². The van der Waals surface area contributed by atoms with Crippen LogP contribution < -0.4 is 10.5 Å². The van der Waals surface area contributed by atoms with Crippen molar-refractivity contribution < 1.29 is 13.3 Å². The summed E-state index contributed by atoms with van der Waals surface area (Å²) in [6.45, 7) is 5.65. The Morgan fingerprint density at radius 1 is 1.29 bits per heavy atom. The summed E-state index contributed by atoms with van der Waals surface area (Å²) in [5.41, 5.74) is 0.00639. The molecule has 1 heterocycles. The Morgan fingerprint density at radius 3 is 2.54 bits per heavy atom. The maximum absolute atomic E-state index is 11.3. The van der Waals surface area contributed by atoms with Crippen LogP contribution in [-0.2, 0) is 10.0 Å². The van der Waals surface area contributed by atoms with E-state index in [1.807, 2.05) is 0 Å². The smallest absolute Gasteiger partial charge is 0.293 e. The Morgan fingerprint density at radius 2 is 1.96 bits per heavy atom. The molecule has 0 aromatic heterocycles. The monoisotopic (exact) mass is 357 g/mol. The molecule has 1 saturated heterocycles. The highest BCUT2D eigenvalue weighted by Crippen LogP contribution is 2.27. The Hall–Kier alpha value is -1.75.